The van der Waals surface area contributed by atoms with Gasteiger partial charge >= 0.3 is 0 Å². The Balaban J connectivity index is 0.00000247. The molecule has 0 radical (unpaired) electrons. The minimum absolute atomic E-state index is 0.197. The Morgan fingerprint density at radius 3 is 2.55 bits per heavy atom. The molecule has 0 spiro atoms. The van der Waals surface area contributed by atoms with Gasteiger partial charge in [0.2, 0.25) is 0 Å². The summed E-state index contributed by atoms with van der Waals surface area (Å²) in [5, 5.41) is 12.3. The maximum Gasteiger partial charge on any atom is 0.160 e. The molecule has 5 N–H and O–H groups in total. The molecule has 38 heavy (non-hydrogen) atoms. The van der Waals surface area contributed by atoms with Crippen LogP contribution in [0.1, 0.15) is 19.3 Å². The van der Waals surface area contributed by atoms with Crippen LogP contribution in [0.2, 0.25) is 0 Å². The molecule has 1 saturated heterocycles. The van der Waals surface area contributed by atoms with Crippen molar-refractivity contribution in [3.8, 4) is 22.9 Å². The van der Waals surface area contributed by atoms with Gasteiger partial charge in [-0.05, 0) is 75.2 Å². The number of aromatic nitrogens is 2. The third-order valence-electron chi connectivity index (χ3n) is 6.07. The highest BCUT2D eigenvalue weighted by Gasteiger charge is 2.20. The molecule has 2 heterocycles. The number of carbonyl (C=O) groups is 1. The summed E-state index contributed by atoms with van der Waals surface area (Å²) < 4.78 is 5.80. The van der Waals surface area contributed by atoms with Crippen LogP contribution in [-0.4, -0.2) is 54.4 Å². The topological polar surface area (TPSA) is 143 Å². The molecule has 9 nitrogen and oxygen atoms in total. The van der Waals surface area contributed by atoms with Gasteiger partial charge in [-0.2, -0.15) is 5.26 Å². The fourth-order valence-electron chi connectivity index (χ4n) is 4.08. The van der Waals surface area contributed by atoms with E-state index in [-0.39, 0.29) is 5.57 Å². The number of nitrogens with zero attached hydrogens (tertiary/aromatic N) is 4. The zero-order valence-electron chi connectivity index (χ0n) is 22.0. The lowest BCUT2D eigenvalue weighted by Gasteiger charge is -2.32. The lowest BCUT2D eigenvalue weighted by molar-refractivity contribution is -0.104. The molecule has 1 aromatic heterocycles. The van der Waals surface area contributed by atoms with Crippen LogP contribution in [0, 0.1) is 17.2 Å². The first kappa shape index (κ1) is 30.0. The standard InChI is InChI=1S/C28H32N6O2.CH5N/c1-3-6-24(4-2)36-25-10-8-23(9-11-25)26-27(30)32-20-33-28(26)31-18-21-12-15-34(16-13-21)14-5-7-22(17-29)19-35;1-2/h3-4,6-11,19-21H,1-2,5,12-16,18H2,(H3,30,31,32,33);2H2,1H3/b22-7-,24-6+;. The van der Waals surface area contributed by atoms with E-state index in [4.69, 9.17) is 15.7 Å². The molecule has 2 aromatic rings. The summed E-state index contributed by atoms with van der Waals surface area (Å²) in [7, 11) is 1.50. The number of nitrogens with two attached hydrogens (primary N) is 2. The van der Waals surface area contributed by atoms with Gasteiger partial charge in [-0.1, -0.05) is 37.4 Å². The van der Waals surface area contributed by atoms with Crippen LogP contribution in [-0.2, 0) is 4.79 Å². The number of benzene rings is 1. The summed E-state index contributed by atoms with van der Waals surface area (Å²) in [6.07, 6.45) is 11.6. The number of rotatable bonds is 12. The number of allylic oxidation sites excluding steroid dienone is 4. The smallest absolute Gasteiger partial charge is 0.160 e. The molecule has 9 heteroatoms. The summed E-state index contributed by atoms with van der Waals surface area (Å²) in [5.74, 6) is 2.91. The maximum atomic E-state index is 10.7. The van der Waals surface area contributed by atoms with Crippen LogP contribution in [0.25, 0.3) is 11.1 Å². The largest absolute Gasteiger partial charge is 0.457 e. The SMILES string of the molecule is C=C/C=C(\C=C)Oc1ccc(-c2c(N)ncnc2NCC2CCN(CC/C=C(/C#N)C=O)CC2)cc1.CN. The van der Waals surface area contributed by atoms with Crippen molar-refractivity contribution in [2.45, 2.75) is 19.3 Å². The number of piperidine rings is 1. The molecule has 1 fully saturated rings. The summed E-state index contributed by atoms with van der Waals surface area (Å²) >= 11 is 0. The van der Waals surface area contributed by atoms with E-state index in [2.05, 4.69) is 39.1 Å². The van der Waals surface area contributed by atoms with Crippen molar-refractivity contribution in [2.75, 3.05) is 44.3 Å². The van der Waals surface area contributed by atoms with Gasteiger partial charge in [-0.15, -0.1) is 0 Å². The molecular weight excluding hydrogens is 478 g/mol. The third-order valence-corrected chi connectivity index (χ3v) is 6.07. The maximum absolute atomic E-state index is 10.7. The van der Waals surface area contributed by atoms with E-state index in [1.54, 1.807) is 24.3 Å². The van der Waals surface area contributed by atoms with Crippen LogP contribution in [0.3, 0.4) is 0 Å². The van der Waals surface area contributed by atoms with Gasteiger partial charge in [0.25, 0.3) is 0 Å². The molecule has 0 amide bonds. The average Bonchev–Trinajstić information content (AvgIpc) is 2.96. The minimum atomic E-state index is 0.197. The number of ether oxygens (including phenoxy) is 1. The molecule has 0 saturated carbocycles. The number of likely N-dealkylation sites (tertiary alicyclic amines) is 1. The minimum Gasteiger partial charge on any atom is -0.457 e. The Bertz CT molecular complexity index is 1160. The number of nitriles is 1. The van der Waals surface area contributed by atoms with Crippen molar-refractivity contribution in [3.05, 3.63) is 79.4 Å². The summed E-state index contributed by atoms with van der Waals surface area (Å²) in [6, 6.07) is 9.49. The number of hydrogen-bond acceptors (Lipinski definition) is 9. The molecule has 1 aliphatic rings. The lowest BCUT2D eigenvalue weighted by Crippen LogP contribution is -2.36. The fourth-order valence-corrected chi connectivity index (χ4v) is 4.08. The Morgan fingerprint density at radius 2 is 1.95 bits per heavy atom. The second kappa shape index (κ2) is 16.5. The molecule has 0 atom stereocenters. The Morgan fingerprint density at radius 1 is 1.24 bits per heavy atom. The highest BCUT2D eigenvalue weighted by molar-refractivity contribution is 5.83. The highest BCUT2D eigenvalue weighted by atomic mass is 16.5. The van der Waals surface area contributed by atoms with E-state index in [1.807, 2.05) is 30.3 Å². The zero-order valence-corrected chi connectivity index (χ0v) is 22.0. The number of nitrogens with one attached hydrogen (secondary N) is 1. The fraction of sp³-hybridized carbons (Fsp3) is 0.310. The van der Waals surface area contributed by atoms with Crippen LogP contribution in [0.4, 0.5) is 11.6 Å². The van der Waals surface area contributed by atoms with E-state index < -0.39 is 0 Å². The number of nitrogen functional groups attached to an aromatic ring is 1. The van der Waals surface area contributed by atoms with Gasteiger partial charge in [0.1, 0.15) is 35.5 Å². The predicted octanol–water partition coefficient (Wildman–Crippen LogP) is 4.10. The molecular formula is C29H37N7O2. The monoisotopic (exact) mass is 515 g/mol. The van der Waals surface area contributed by atoms with E-state index in [0.29, 0.717) is 41.8 Å². The van der Waals surface area contributed by atoms with Gasteiger partial charge < -0.3 is 26.4 Å². The molecule has 1 aliphatic heterocycles. The van der Waals surface area contributed by atoms with Gasteiger partial charge in [0, 0.05) is 13.1 Å². The first-order valence-corrected chi connectivity index (χ1v) is 12.5. The van der Waals surface area contributed by atoms with Crippen molar-refractivity contribution >= 4 is 17.9 Å². The van der Waals surface area contributed by atoms with Crippen LogP contribution < -0.4 is 21.5 Å². The van der Waals surface area contributed by atoms with Crippen molar-refractivity contribution in [3.63, 3.8) is 0 Å². The van der Waals surface area contributed by atoms with Crippen molar-refractivity contribution in [2.24, 2.45) is 11.7 Å². The Labute approximate surface area is 225 Å². The molecule has 0 bridgehead atoms. The van der Waals surface area contributed by atoms with Crippen molar-refractivity contribution in [1.82, 2.24) is 14.9 Å². The van der Waals surface area contributed by atoms with E-state index in [9.17, 15) is 4.79 Å². The Hall–Kier alpha value is -4.26. The molecule has 0 unspecified atom stereocenters. The Kier molecular flexibility index (Phi) is 13.0. The normalized spacial score (nSPS) is 14.4. The molecule has 1 aromatic carbocycles. The summed E-state index contributed by atoms with van der Waals surface area (Å²) in [4.78, 5) is 21.7. The second-order valence-corrected chi connectivity index (χ2v) is 8.46. The summed E-state index contributed by atoms with van der Waals surface area (Å²) in [5.41, 5.74) is 12.6. The van der Waals surface area contributed by atoms with E-state index in [0.717, 1.165) is 50.1 Å². The third kappa shape index (κ3) is 9.00. The van der Waals surface area contributed by atoms with Gasteiger partial charge in [0.05, 0.1) is 11.1 Å². The van der Waals surface area contributed by atoms with E-state index >= 15 is 0 Å². The highest BCUT2D eigenvalue weighted by Crippen LogP contribution is 2.32. The predicted molar refractivity (Wildman–Crippen MR) is 153 cm³/mol. The van der Waals surface area contributed by atoms with Crippen molar-refractivity contribution < 1.29 is 9.53 Å². The second-order valence-electron chi connectivity index (χ2n) is 8.46. The number of carbonyl (C=O) groups excluding carboxylic acids is 1. The average molecular weight is 516 g/mol. The number of anilines is 2. The van der Waals surface area contributed by atoms with Crippen LogP contribution in [0.15, 0.2) is 79.4 Å². The summed E-state index contributed by atoms with van der Waals surface area (Å²) in [6.45, 7) is 11.0. The van der Waals surface area contributed by atoms with Gasteiger partial charge in [-0.3, -0.25) is 4.79 Å². The van der Waals surface area contributed by atoms with Gasteiger partial charge in [-0.25, -0.2) is 9.97 Å². The quantitative estimate of drug-likeness (QED) is 0.125. The molecule has 200 valence electrons. The molecule has 3 rings (SSSR count). The van der Waals surface area contributed by atoms with E-state index in [1.165, 1.54) is 13.4 Å². The van der Waals surface area contributed by atoms with Crippen LogP contribution >= 0.6 is 0 Å². The van der Waals surface area contributed by atoms with Crippen LogP contribution in [0.5, 0.6) is 5.75 Å². The first-order chi connectivity index (χ1) is 18.6. The zero-order chi connectivity index (χ0) is 27.8. The lowest BCUT2D eigenvalue weighted by atomic mass is 9.96. The number of aldehydes is 1. The molecule has 0 aliphatic carbocycles. The number of hydrogen-bond donors (Lipinski definition) is 3. The van der Waals surface area contributed by atoms with Gasteiger partial charge in [0.15, 0.2) is 6.29 Å². The first-order valence-electron chi connectivity index (χ1n) is 12.5. The van der Waals surface area contributed by atoms with Crippen molar-refractivity contribution in [1.29, 1.82) is 5.26 Å².